The molecular weight excluding hydrogens is 400 g/mol. The van der Waals surface area contributed by atoms with Crippen molar-refractivity contribution in [1.82, 2.24) is 5.32 Å². The summed E-state index contributed by atoms with van der Waals surface area (Å²) in [5.41, 5.74) is 2.67. The normalized spacial score (nSPS) is 11.0. The van der Waals surface area contributed by atoms with Crippen LogP contribution in [0.4, 0.5) is 5.69 Å². The van der Waals surface area contributed by atoms with E-state index in [9.17, 15) is 13.2 Å². The molecule has 0 atom stereocenters. The van der Waals surface area contributed by atoms with Gasteiger partial charge in [-0.05, 0) is 60.5 Å². The molecule has 1 N–H and O–H groups in total. The molecule has 0 aromatic heterocycles. The van der Waals surface area contributed by atoms with Crippen LogP contribution in [0.5, 0.6) is 5.75 Å². The average Bonchev–Trinajstić information content (AvgIpc) is 2.77. The first-order valence-electron chi connectivity index (χ1n) is 9.38. The highest BCUT2D eigenvalue weighted by atomic mass is 32.2. The zero-order valence-corrected chi connectivity index (χ0v) is 17.9. The van der Waals surface area contributed by atoms with Gasteiger partial charge >= 0.3 is 0 Å². The van der Waals surface area contributed by atoms with Crippen molar-refractivity contribution in [3.63, 3.8) is 0 Å². The number of anilines is 1. The van der Waals surface area contributed by atoms with E-state index < -0.39 is 10.0 Å². The summed E-state index contributed by atoms with van der Waals surface area (Å²) in [5.74, 6) is 0.349. The molecule has 0 heterocycles. The third-order valence-electron chi connectivity index (χ3n) is 4.71. The number of sulfonamides is 1. The number of rotatable bonds is 7. The van der Waals surface area contributed by atoms with E-state index in [0.717, 1.165) is 11.1 Å². The van der Waals surface area contributed by atoms with Crippen LogP contribution in [0.2, 0.25) is 0 Å². The predicted octanol–water partition coefficient (Wildman–Crippen LogP) is 3.76. The molecular formula is C23H24N2O4S. The number of carbonyl (C=O) groups excluding carboxylic acids is 1. The van der Waals surface area contributed by atoms with Gasteiger partial charge in [-0.25, -0.2) is 8.42 Å². The zero-order valence-electron chi connectivity index (χ0n) is 17.1. The highest BCUT2D eigenvalue weighted by Crippen LogP contribution is 2.23. The van der Waals surface area contributed by atoms with E-state index in [1.807, 2.05) is 37.3 Å². The Morgan fingerprint density at radius 1 is 1.00 bits per heavy atom. The Bertz CT molecular complexity index is 1160. The molecule has 0 spiro atoms. The standard InChI is InChI=1S/C23H24N2O4S/c1-17-7-4-10-20(13-17)25(2)30(27,28)22-12-6-9-19(15-22)23(26)24-16-18-8-5-11-21(14-18)29-3/h4-15H,16H2,1-3H3,(H,24,26). The van der Waals surface area contributed by atoms with E-state index in [0.29, 0.717) is 18.0 Å². The summed E-state index contributed by atoms with van der Waals surface area (Å²) in [7, 11) is -0.724. The number of aryl methyl sites for hydroxylation is 1. The van der Waals surface area contributed by atoms with E-state index in [1.54, 1.807) is 37.4 Å². The number of nitrogens with zero attached hydrogens (tertiary/aromatic N) is 1. The predicted molar refractivity (Wildman–Crippen MR) is 117 cm³/mol. The number of benzene rings is 3. The summed E-state index contributed by atoms with van der Waals surface area (Å²) in [4.78, 5) is 12.6. The minimum Gasteiger partial charge on any atom is -0.497 e. The van der Waals surface area contributed by atoms with Crippen molar-refractivity contribution in [2.75, 3.05) is 18.5 Å². The largest absolute Gasteiger partial charge is 0.497 e. The Morgan fingerprint density at radius 2 is 1.73 bits per heavy atom. The number of methoxy groups -OCH3 is 1. The Hall–Kier alpha value is -3.32. The maximum absolute atomic E-state index is 13.0. The van der Waals surface area contributed by atoms with Gasteiger partial charge in [0, 0.05) is 19.2 Å². The monoisotopic (exact) mass is 424 g/mol. The van der Waals surface area contributed by atoms with Gasteiger partial charge in [-0.15, -0.1) is 0 Å². The lowest BCUT2D eigenvalue weighted by molar-refractivity contribution is 0.0950. The summed E-state index contributed by atoms with van der Waals surface area (Å²) in [6.45, 7) is 2.20. The third kappa shape index (κ3) is 4.80. The molecule has 0 aliphatic heterocycles. The highest BCUT2D eigenvalue weighted by Gasteiger charge is 2.22. The van der Waals surface area contributed by atoms with E-state index in [4.69, 9.17) is 4.74 Å². The minimum atomic E-state index is -3.80. The van der Waals surface area contributed by atoms with Gasteiger partial charge in [0.25, 0.3) is 15.9 Å². The quantitative estimate of drug-likeness (QED) is 0.627. The highest BCUT2D eigenvalue weighted by molar-refractivity contribution is 7.92. The minimum absolute atomic E-state index is 0.0561. The molecule has 0 radical (unpaired) electrons. The Balaban J connectivity index is 1.78. The lowest BCUT2D eigenvalue weighted by Crippen LogP contribution is -2.27. The van der Waals surface area contributed by atoms with E-state index >= 15 is 0 Å². The smallest absolute Gasteiger partial charge is 0.264 e. The van der Waals surface area contributed by atoms with Crippen LogP contribution in [-0.2, 0) is 16.6 Å². The number of hydrogen-bond donors (Lipinski definition) is 1. The molecule has 0 saturated heterocycles. The average molecular weight is 425 g/mol. The fraction of sp³-hybridized carbons (Fsp3) is 0.174. The second kappa shape index (κ2) is 9.00. The molecule has 3 aromatic rings. The molecule has 7 heteroatoms. The summed E-state index contributed by atoms with van der Waals surface area (Å²) < 4.78 is 32.5. The van der Waals surface area contributed by atoms with Gasteiger partial charge in [0.05, 0.1) is 17.7 Å². The van der Waals surface area contributed by atoms with Crippen molar-refractivity contribution in [3.8, 4) is 5.75 Å². The fourth-order valence-electron chi connectivity index (χ4n) is 2.99. The van der Waals surface area contributed by atoms with Crippen molar-refractivity contribution in [2.24, 2.45) is 0 Å². The molecule has 3 rings (SSSR count). The van der Waals surface area contributed by atoms with Crippen LogP contribution < -0.4 is 14.4 Å². The number of nitrogens with one attached hydrogen (secondary N) is 1. The molecule has 1 amide bonds. The molecule has 30 heavy (non-hydrogen) atoms. The fourth-order valence-corrected chi connectivity index (χ4v) is 4.22. The molecule has 0 aliphatic carbocycles. The van der Waals surface area contributed by atoms with Gasteiger partial charge in [0.1, 0.15) is 5.75 Å². The first kappa shape index (κ1) is 21.4. The van der Waals surface area contributed by atoms with Crippen LogP contribution in [0.25, 0.3) is 0 Å². The van der Waals surface area contributed by atoms with E-state index in [2.05, 4.69) is 5.32 Å². The SMILES string of the molecule is COc1cccc(CNC(=O)c2cccc(S(=O)(=O)N(C)c3cccc(C)c3)c2)c1. The summed E-state index contributed by atoms with van der Waals surface area (Å²) in [5, 5.41) is 2.81. The van der Waals surface area contributed by atoms with Crippen LogP contribution >= 0.6 is 0 Å². The lowest BCUT2D eigenvalue weighted by Gasteiger charge is -2.20. The van der Waals surface area contributed by atoms with Gasteiger partial charge in [0.15, 0.2) is 0 Å². The van der Waals surface area contributed by atoms with Crippen molar-refractivity contribution in [1.29, 1.82) is 0 Å². The van der Waals surface area contributed by atoms with E-state index in [-0.39, 0.29) is 16.4 Å². The van der Waals surface area contributed by atoms with E-state index in [1.165, 1.54) is 23.5 Å². The zero-order chi connectivity index (χ0) is 21.7. The molecule has 0 unspecified atom stereocenters. The lowest BCUT2D eigenvalue weighted by atomic mass is 10.2. The second-order valence-corrected chi connectivity index (χ2v) is 8.84. The molecule has 0 aliphatic rings. The molecule has 0 fully saturated rings. The first-order chi connectivity index (χ1) is 14.3. The van der Waals surface area contributed by atoms with Crippen molar-refractivity contribution in [2.45, 2.75) is 18.4 Å². The molecule has 3 aromatic carbocycles. The summed E-state index contributed by atoms with van der Waals surface area (Å²) in [6.07, 6.45) is 0. The summed E-state index contributed by atoms with van der Waals surface area (Å²) in [6, 6.07) is 20.6. The van der Waals surface area contributed by atoms with Crippen LogP contribution in [0.3, 0.4) is 0 Å². The molecule has 0 saturated carbocycles. The maximum Gasteiger partial charge on any atom is 0.264 e. The second-order valence-electron chi connectivity index (χ2n) is 6.87. The Kier molecular flexibility index (Phi) is 6.42. The topological polar surface area (TPSA) is 75.7 Å². The molecule has 6 nitrogen and oxygen atoms in total. The van der Waals surface area contributed by atoms with Gasteiger partial charge < -0.3 is 10.1 Å². The van der Waals surface area contributed by atoms with Crippen LogP contribution in [-0.4, -0.2) is 28.5 Å². The van der Waals surface area contributed by atoms with Crippen molar-refractivity contribution in [3.05, 3.63) is 89.5 Å². The Morgan fingerprint density at radius 3 is 2.47 bits per heavy atom. The number of hydrogen-bond acceptors (Lipinski definition) is 4. The third-order valence-corrected chi connectivity index (χ3v) is 6.49. The van der Waals surface area contributed by atoms with Gasteiger partial charge in [-0.1, -0.05) is 30.3 Å². The van der Waals surface area contributed by atoms with Crippen LogP contribution in [0, 0.1) is 6.92 Å². The van der Waals surface area contributed by atoms with Gasteiger partial charge in [-0.3, -0.25) is 9.10 Å². The number of ether oxygens (including phenoxy) is 1. The maximum atomic E-state index is 13.0. The van der Waals surface area contributed by atoms with Crippen molar-refractivity contribution >= 4 is 21.6 Å². The van der Waals surface area contributed by atoms with Gasteiger partial charge in [-0.2, -0.15) is 0 Å². The number of amides is 1. The van der Waals surface area contributed by atoms with Gasteiger partial charge in [0.2, 0.25) is 0 Å². The van der Waals surface area contributed by atoms with Crippen LogP contribution in [0.15, 0.2) is 77.7 Å². The molecule has 0 bridgehead atoms. The molecule has 156 valence electrons. The number of carbonyl (C=O) groups is 1. The van der Waals surface area contributed by atoms with Crippen LogP contribution in [0.1, 0.15) is 21.5 Å². The summed E-state index contributed by atoms with van der Waals surface area (Å²) >= 11 is 0. The Labute approximate surface area is 177 Å². The van der Waals surface area contributed by atoms with Crippen molar-refractivity contribution < 1.29 is 17.9 Å². The first-order valence-corrected chi connectivity index (χ1v) is 10.8.